The first kappa shape index (κ1) is 27.0. The summed E-state index contributed by atoms with van der Waals surface area (Å²) >= 11 is 12.6. The first-order valence-corrected chi connectivity index (χ1v) is 13.2. The van der Waals surface area contributed by atoms with Gasteiger partial charge in [0.05, 0.1) is 11.9 Å². The van der Waals surface area contributed by atoms with E-state index in [0.29, 0.717) is 27.8 Å². The highest BCUT2D eigenvalue weighted by Crippen LogP contribution is 2.27. The van der Waals surface area contributed by atoms with Crippen LogP contribution in [0.1, 0.15) is 31.9 Å². The lowest BCUT2D eigenvalue weighted by atomic mass is 10.1. The molecule has 0 aliphatic carbocycles. The molecule has 33 heavy (non-hydrogen) atoms. The maximum Gasteiger partial charge on any atom is 0.244 e. The first-order chi connectivity index (χ1) is 15.5. The predicted molar refractivity (Wildman–Crippen MR) is 133 cm³/mol. The Morgan fingerprint density at radius 1 is 1.03 bits per heavy atom. The van der Waals surface area contributed by atoms with Gasteiger partial charge in [-0.2, -0.15) is 0 Å². The molecular weight excluding hydrogens is 485 g/mol. The molecule has 180 valence electrons. The second kappa shape index (κ2) is 11.7. The van der Waals surface area contributed by atoms with Crippen molar-refractivity contribution in [3.63, 3.8) is 0 Å². The van der Waals surface area contributed by atoms with Crippen LogP contribution < -0.4 is 9.62 Å². The van der Waals surface area contributed by atoms with Crippen LogP contribution in [0.25, 0.3) is 0 Å². The highest BCUT2D eigenvalue weighted by atomic mass is 35.5. The molecule has 0 heterocycles. The summed E-state index contributed by atoms with van der Waals surface area (Å²) in [5.41, 5.74) is 1.88. The molecule has 0 aliphatic rings. The summed E-state index contributed by atoms with van der Waals surface area (Å²) < 4.78 is 26.1. The summed E-state index contributed by atoms with van der Waals surface area (Å²) in [6.07, 6.45) is 1.84. The molecule has 10 heteroatoms. The number of hydrogen-bond donors (Lipinski definition) is 1. The zero-order valence-electron chi connectivity index (χ0n) is 19.1. The van der Waals surface area contributed by atoms with Crippen molar-refractivity contribution in [2.24, 2.45) is 0 Å². The number of likely N-dealkylation sites (N-methyl/N-ethyl adjacent to an activating group) is 1. The minimum Gasteiger partial charge on any atom is -0.355 e. The Kier molecular flexibility index (Phi) is 9.57. The average molecular weight is 514 g/mol. The molecule has 1 atom stereocenters. The zero-order chi connectivity index (χ0) is 24.8. The van der Waals surface area contributed by atoms with Crippen molar-refractivity contribution in [3.05, 3.63) is 63.6 Å². The summed E-state index contributed by atoms with van der Waals surface area (Å²) in [6, 6.07) is 11.0. The van der Waals surface area contributed by atoms with Crippen LogP contribution in [0.4, 0.5) is 5.69 Å². The molecule has 0 bridgehead atoms. The maximum atomic E-state index is 13.4. The van der Waals surface area contributed by atoms with E-state index in [1.165, 1.54) is 4.90 Å². The number of amides is 2. The number of anilines is 1. The van der Waals surface area contributed by atoms with Gasteiger partial charge < -0.3 is 10.2 Å². The van der Waals surface area contributed by atoms with Crippen LogP contribution in [-0.2, 0) is 32.6 Å². The van der Waals surface area contributed by atoms with Gasteiger partial charge in [-0.3, -0.25) is 13.9 Å². The van der Waals surface area contributed by atoms with E-state index in [1.54, 1.807) is 44.2 Å². The zero-order valence-corrected chi connectivity index (χ0v) is 21.5. The molecule has 0 spiro atoms. The van der Waals surface area contributed by atoms with E-state index in [0.717, 1.165) is 22.5 Å². The summed E-state index contributed by atoms with van der Waals surface area (Å²) in [7, 11) is -3.78. The molecule has 0 aromatic heterocycles. The maximum absolute atomic E-state index is 13.4. The number of benzene rings is 2. The number of halogens is 2. The number of nitrogens with one attached hydrogen (secondary N) is 1. The highest BCUT2D eigenvalue weighted by molar-refractivity contribution is 7.92. The second-order valence-corrected chi connectivity index (χ2v) is 10.3. The van der Waals surface area contributed by atoms with Gasteiger partial charge in [0.15, 0.2) is 0 Å². The molecule has 2 rings (SSSR count). The van der Waals surface area contributed by atoms with Crippen LogP contribution in [0.15, 0.2) is 42.5 Å². The number of carbonyl (C=O) groups is 2. The monoisotopic (exact) mass is 513 g/mol. The predicted octanol–water partition coefficient (Wildman–Crippen LogP) is 3.88. The van der Waals surface area contributed by atoms with Crippen LogP contribution in [0.3, 0.4) is 0 Å². The average Bonchev–Trinajstić information content (AvgIpc) is 2.76. The Morgan fingerprint density at radius 3 is 2.09 bits per heavy atom. The summed E-state index contributed by atoms with van der Waals surface area (Å²) in [5.74, 6) is -0.929. The van der Waals surface area contributed by atoms with Crippen LogP contribution in [0.5, 0.6) is 0 Å². The number of carbonyl (C=O) groups excluding carboxylic acids is 2. The van der Waals surface area contributed by atoms with E-state index in [-0.39, 0.29) is 12.5 Å². The van der Waals surface area contributed by atoms with Gasteiger partial charge in [0, 0.05) is 28.7 Å². The van der Waals surface area contributed by atoms with Crippen molar-refractivity contribution < 1.29 is 18.0 Å². The van der Waals surface area contributed by atoms with Gasteiger partial charge in [-0.1, -0.05) is 48.3 Å². The van der Waals surface area contributed by atoms with Gasteiger partial charge in [-0.25, -0.2) is 8.42 Å². The largest absolute Gasteiger partial charge is 0.355 e. The Balaban J connectivity index is 2.43. The van der Waals surface area contributed by atoms with Gasteiger partial charge in [-0.15, -0.1) is 0 Å². The van der Waals surface area contributed by atoms with Gasteiger partial charge in [0.1, 0.15) is 12.6 Å². The standard InChI is InChI=1S/C23H29Cl2N3O4S/c1-5-17-10-12-18(13-11-17)28(33(4,31)32)15-22(29)27(16(3)23(30)26-6-2)14-19-20(24)8-7-9-21(19)25/h7-13,16H,5-6,14-15H2,1-4H3,(H,26,30)/t16-/m0/s1. The van der Waals surface area contributed by atoms with E-state index in [4.69, 9.17) is 23.2 Å². The normalized spacial score (nSPS) is 12.2. The number of rotatable bonds is 10. The fourth-order valence-corrected chi connectivity index (χ4v) is 4.64. The second-order valence-electron chi connectivity index (χ2n) is 7.58. The molecular formula is C23H29Cl2N3O4S. The topological polar surface area (TPSA) is 86.8 Å². The quantitative estimate of drug-likeness (QED) is 0.522. The van der Waals surface area contributed by atoms with Gasteiger partial charge in [0.25, 0.3) is 0 Å². The third-order valence-corrected chi connectivity index (χ3v) is 7.07. The summed E-state index contributed by atoms with van der Waals surface area (Å²) in [4.78, 5) is 27.3. The minimum absolute atomic E-state index is 0.0536. The molecule has 7 nitrogen and oxygen atoms in total. The number of hydrogen-bond acceptors (Lipinski definition) is 4. The molecule has 0 saturated heterocycles. The lowest BCUT2D eigenvalue weighted by Gasteiger charge is -2.31. The van der Waals surface area contributed by atoms with Crippen LogP contribution in [0.2, 0.25) is 10.0 Å². The molecule has 2 aromatic carbocycles. The van der Waals surface area contributed by atoms with Crippen molar-refractivity contribution in [1.29, 1.82) is 0 Å². The van der Waals surface area contributed by atoms with Crippen LogP contribution in [0, 0.1) is 0 Å². The summed E-state index contributed by atoms with van der Waals surface area (Å²) in [6.45, 7) is 5.20. The third-order valence-electron chi connectivity index (χ3n) is 5.22. The van der Waals surface area contributed by atoms with Crippen molar-refractivity contribution in [2.75, 3.05) is 23.7 Å². The number of sulfonamides is 1. The molecule has 0 aliphatic heterocycles. The van der Waals surface area contributed by atoms with Crippen LogP contribution >= 0.6 is 23.2 Å². The lowest BCUT2D eigenvalue weighted by Crippen LogP contribution is -2.51. The number of nitrogens with zero attached hydrogens (tertiary/aromatic N) is 2. The Hall–Kier alpha value is -2.29. The van der Waals surface area contributed by atoms with E-state index < -0.39 is 28.5 Å². The van der Waals surface area contributed by atoms with Crippen molar-refractivity contribution in [3.8, 4) is 0 Å². The van der Waals surface area contributed by atoms with Crippen molar-refractivity contribution >= 4 is 50.7 Å². The smallest absolute Gasteiger partial charge is 0.244 e. The third kappa shape index (κ3) is 7.09. The van der Waals surface area contributed by atoms with Crippen molar-refractivity contribution in [1.82, 2.24) is 10.2 Å². The molecule has 1 N–H and O–H groups in total. The first-order valence-electron chi connectivity index (χ1n) is 10.6. The lowest BCUT2D eigenvalue weighted by molar-refractivity contribution is -0.139. The fraction of sp³-hybridized carbons (Fsp3) is 0.391. The van der Waals surface area contributed by atoms with E-state index in [9.17, 15) is 18.0 Å². The summed E-state index contributed by atoms with van der Waals surface area (Å²) in [5, 5.41) is 3.38. The van der Waals surface area contributed by atoms with Gasteiger partial charge in [0.2, 0.25) is 21.8 Å². The molecule has 0 saturated carbocycles. The highest BCUT2D eigenvalue weighted by Gasteiger charge is 2.30. The Labute approximate surface area is 205 Å². The van der Waals surface area contributed by atoms with Crippen molar-refractivity contribution in [2.45, 2.75) is 39.8 Å². The molecule has 0 fully saturated rings. The Bertz CT molecular complexity index is 1070. The Morgan fingerprint density at radius 2 is 1.61 bits per heavy atom. The van der Waals surface area contributed by atoms with Crippen LogP contribution in [-0.4, -0.2) is 50.5 Å². The van der Waals surface area contributed by atoms with E-state index in [1.807, 2.05) is 19.1 Å². The van der Waals surface area contributed by atoms with E-state index >= 15 is 0 Å². The number of aryl methyl sites for hydroxylation is 1. The van der Waals surface area contributed by atoms with Gasteiger partial charge >= 0.3 is 0 Å². The fourth-order valence-electron chi connectivity index (χ4n) is 3.27. The van der Waals surface area contributed by atoms with Gasteiger partial charge in [-0.05, 0) is 50.1 Å². The minimum atomic E-state index is -3.78. The molecule has 0 radical (unpaired) electrons. The SMILES string of the molecule is CCNC(=O)[C@H](C)N(Cc1c(Cl)cccc1Cl)C(=O)CN(c1ccc(CC)cc1)S(C)(=O)=O. The molecule has 2 amide bonds. The van der Waals surface area contributed by atoms with E-state index in [2.05, 4.69) is 5.32 Å². The molecule has 0 unspecified atom stereocenters. The molecule has 2 aromatic rings.